The van der Waals surface area contributed by atoms with Crippen molar-refractivity contribution in [1.29, 1.82) is 0 Å². The summed E-state index contributed by atoms with van der Waals surface area (Å²) in [6.07, 6.45) is 4.20. The van der Waals surface area contributed by atoms with Gasteiger partial charge in [0.1, 0.15) is 12.1 Å². The molecular weight excluding hydrogens is 544 g/mol. The molecule has 0 fully saturated rings. The van der Waals surface area contributed by atoms with E-state index in [2.05, 4.69) is 27.4 Å². The van der Waals surface area contributed by atoms with Gasteiger partial charge in [-0.25, -0.2) is 0 Å². The van der Waals surface area contributed by atoms with Gasteiger partial charge in [-0.1, -0.05) is 51.4 Å². The van der Waals surface area contributed by atoms with E-state index in [1.165, 1.54) is 11.2 Å². The van der Waals surface area contributed by atoms with Gasteiger partial charge in [0.2, 0.25) is 18.6 Å². The molecule has 0 bridgehead atoms. The fourth-order valence-electron chi connectivity index (χ4n) is 5.17. The second kappa shape index (κ2) is 12.8. The van der Waals surface area contributed by atoms with Crippen LogP contribution < -0.4 is 14.9 Å². The number of benzene rings is 2. The molecule has 1 atom stereocenters. The number of hydrogen-bond donors (Lipinski definition) is 0. The molecule has 41 heavy (non-hydrogen) atoms. The third-order valence-electron chi connectivity index (χ3n) is 6.84. The molecule has 1 aliphatic heterocycles. The van der Waals surface area contributed by atoms with Crippen LogP contribution in [0.15, 0.2) is 64.5 Å². The predicted molar refractivity (Wildman–Crippen MR) is 159 cm³/mol. The molecule has 2 aromatic carbocycles. The highest BCUT2D eigenvalue weighted by atomic mass is 35.5. The Labute approximate surface area is 245 Å². The highest BCUT2D eigenvalue weighted by molar-refractivity contribution is 6.31. The SMILES string of the molecule is C=CCN(CC(=O)N(Cc1ccc2c(c1)OCO2)Cc1coc2ccc(Cl)cc2c1=O)C(=O)C[C@@H](C)CC(C)(C)C. The van der Waals surface area contributed by atoms with Crippen LogP contribution in [0.5, 0.6) is 11.5 Å². The van der Waals surface area contributed by atoms with E-state index >= 15 is 0 Å². The number of nitrogens with zero attached hydrogens (tertiary/aromatic N) is 2. The maximum Gasteiger partial charge on any atom is 0.242 e. The maximum atomic E-state index is 13.8. The molecule has 0 N–H and O–H groups in total. The van der Waals surface area contributed by atoms with Crippen LogP contribution in [0.1, 0.15) is 51.7 Å². The summed E-state index contributed by atoms with van der Waals surface area (Å²) in [6.45, 7) is 12.6. The number of rotatable bonds is 11. The number of carbonyl (C=O) groups excluding carboxylic acids is 2. The number of halogens is 1. The van der Waals surface area contributed by atoms with E-state index in [1.54, 1.807) is 35.2 Å². The van der Waals surface area contributed by atoms with Crippen LogP contribution in [0, 0.1) is 11.3 Å². The highest BCUT2D eigenvalue weighted by Gasteiger charge is 2.25. The van der Waals surface area contributed by atoms with Gasteiger partial charge in [0.05, 0.1) is 23.8 Å². The Balaban J connectivity index is 1.59. The van der Waals surface area contributed by atoms with Crippen molar-refractivity contribution in [3.8, 4) is 11.5 Å². The Morgan fingerprint density at radius 1 is 1.05 bits per heavy atom. The minimum Gasteiger partial charge on any atom is -0.464 e. The average Bonchev–Trinajstić information content (AvgIpc) is 3.36. The number of carbonyl (C=O) groups is 2. The average molecular weight is 581 g/mol. The van der Waals surface area contributed by atoms with E-state index in [0.717, 1.165) is 12.0 Å². The smallest absolute Gasteiger partial charge is 0.242 e. The molecule has 2 heterocycles. The monoisotopic (exact) mass is 580 g/mol. The van der Waals surface area contributed by atoms with Crippen LogP contribution in [0.25, 0.3) is 11.0 Å². The van der Waals surface area contributed by atoms with E-state index in [0.29, 0.717) is 39.5 Å². The van der Waals surface area contributed by atoms with Crippen molar-refractivity contribution in [2.75, 3.05) is 19.9 Å². The first kappa shape index (κ1) is 30.2. The highest BCUT2D eigenvalue weighted by Crippen LogP contribution is 2.33. The minimum atomic E-state index is -0.313. The van der Waals surface area contributed by atoms with Crippen LogP contribution in [-0.2, 0) is 22.7 Å². The van der Waals surface area contributed by atoms with Gasteiger partial charge in [-0.05, 0) is 53.6 Å². The summed E-state index contributed by atoms with van der Waals surface area (Å²) in [7, 11) is 0. The maximum absolute atomic E-state index is 13.8. The summed E-state index contributed by atoms with van der Waals surface area (Å²) in [6, 6.07) is 10.3. The van der Waals surface area contributed by atoms with Crippen molar-refractivity contribution in [2.45, 2.75) is 53.6 Å². The molecule has 1 aliphatic rings. The third-order valence-corrected chi connectivity index (χ3v) is 7.08. The molecule has 0 radical (unpaired) electrons. The van der Waals surface area contributed by atoms with Crippen molar-refractivity contribution in [1.82, 2.24) is 9.80 Å². The molecule has 218 valence electrons. The largest absolute Gasteiger partial charge is 0.464 e. The summed E-state index contributed by atoms with van der Waals surface area (Å²) in [5, 5.41) is 0.747. The Morgan fingerprint density at radius 3 is 2.54 bits per heavy atom. The Hall–Kier alpha value is -3.78. The topological polar surface area (TPSA) is 89.3 Å². The number of amides is 2. The molecule has 0 unspecified atom stereocenters. The van der Waals surface area contributed by atoms with E-state index in [4.69, 9.17) is 25.5 Å². The van der Waals surface area contributed by atoms with Gasteiger partial charge < -0.3 is 23.7 Å². The number of ether oxygens (including phenoxy) is 2. The van der Waals surface area contributed by atoms with Crippen molar-refractivity contribution >= 4 is 34.4 Å². The lowest BCUT2D eigenvalue weighted by atomic mass is 9.84. The summed E-state index contributed by atoms with van der Waals surface area (Å²) >= 11 is 6.13. The second-order valence-electron chi connectivity index (χ2n) is 11.8. The molecule has 0 saturated heterocycles. The summed E-state index contributed by atoms with van der Waals surface area (Å²) in [5.41, 5.74) is 1.31. The van der Waals surface area contributed by atoms with Crippen LogP contribution >= 0.6 is 11.6 Å². The van der Waals surface area contributed by atoms with Crippen LogP contribution in [0.4, 0.5) is 0 Å². The fraction of sp³-hybridized carbons (Fsp3) is 0.406. The molecule has 0 saturated carbocycles. The van der Waals surface area contributed by atoms with Gasteiger partial charge in [-0.3, -0.25) is 14.4 Å². The molecule has 0 aliphatic carbocycles. The van der Waals surface area contributed by atoms with Gasteiger partial charge in [0.25, 0.3) is 0 Å². The van der Waals surface area contributed by atoms with Crippen molar-refractivity contribution in [3.05, 3.63) is 81.7 Å². The molecule has 9 heteroatoms. The zero-order chi connectivity index (χ0) is 29.7. The Kier molecular flexibility index (Phi) is 9.43. The first-order chi connectivity index (χ1) is 19.4. The van der Waals surface area contributed by atoms with Crippen LogP contribution in [0.2, 0.25) is 5.02 Å². The molecule has 0 spiro atoms. The van der Waals surface area contributed by atoms with Crippen molar-refractivity contribution in [2.24, 2.45) is 11.3 Å². The zero-order valence-electron chi connectivity index (χ0n) is 24.1. The number of hydrogen-bond acceptors (Lipinski definition) is 6. The van der Waals surface area contributed by atoms with Gasteiger partial charge in [0.15, 0.2) is 16.9 Å². The van der Waals surface area contributed by atoms with Gasteiger partial charge in [0, 0.05) is 24.5 Å². The second-order valence-corrected chi connectivity index (χ2v) is 12.2. The van der Waals surface area contributed by atoms with Crippen molar-refractivity contribution < 1.29 is 23.5 Å². The normalized spacial score (nSPS) is 13.2. The molecule has 2 amide bonds. The van der Waals surface area contributed by atoms with Crippen molar-refractivity contribution in [3.63, 3.8) is 0 Å². The third kappa shape index (κ3) is 7.91. The van der Waals surface area contributed by atoms with Gasteiger partial charge in [-0.15, -0.1) is 6.58 Å². The summed E-state index contributed by atoms with van der Waals surface area (Å²) in [5.74, 6) is 0.949. The lowest BCUT2D eigenvalue weighted by Gasteiger charge is -2.29. The van der Waals surface area contributed by atoms with Gasteiger partial charge >= 0.3 is 0 Å². The quantitative estimate of drug-likeness (QED) is 0.252. The van der Waals surface area contributed by atoms with E-state index in [1.807, 2.05) is 19.1 Å². The van der Waals surface area contributed by atoms with Gasteiger partial charge in [-0.2, -0.15) is 0 Å². The Morgan fingerprint density at radius 2 is 1.80 bits per heavy atom. The van der Waals surface area contributed by atoms with Crippen LogP contribution in [0.3, 0.4) is 0 Å². The van der Waals surface area contributed by atoms with Crippen LogP contribution in [-0.4, -0.2) is 41.5 Å². The minimum absolute atomic E-state index is 0.0192. The lowest BCUT2D eigenvalue weighted by Crippen LogP contribution is -2.43. The predicted octanol–water partition coefficient (Wildman–Crippen LogP) is 6.18. The lowest BCUT2D eigenvalue weighted by molar-refractivity contribution is -0.141. The molecule has 1 aromatic heterocycles. The zero-order valence-corrected chi connectivity index (χ0v) is 24.8. The molecule has 4 rings (SSSR count). The summed E-state index contributed by atoms with van der Waals surface area (Å²) in [4.78, 5) is 43.5. The molecule has 3 aromatic rings. The molecular formula is C32H37ClN2O6. The first-order valence-electron chi connectivity index (χ1n) is 13.7. The first-order valence-corrected chi connectivity index (χ1v) is 14.1. The van der Waals surface area contributed by atoms with E-state index in [-0.39, 0.29) is 61.5 Å². The summed E-state index contributed by atoms with van der Waals surface area (Å²) < 4.78 is 16.6. The Bertz CT molecular complexity index is 1490. The number of fused-ring (bicyclic) bond motifs is 2. The fourth-order valence-corrected chi connectivity index (χ4v) is 5.34. The van der Waals surface area contributed by atoms with E-state index < -0.39 is 0 Å². The van der Waals surface area contributed by atoms with E-state index in [9.17, 15) is 14.4 Å². The standard InChI is InChI=1S/C32H37ClN2O6/c1-6-11-34(29(36)12-21(2)15-32(3,4)5)18-30(37)35(16-22-7-9-27-28(13-22)41-20-40-27)17-23-19-39-26-10-8-24(33)14-25(26)31(23)38/h6-10,13-14,19,21H,1,11-12,15-18,20H2,2-5H3/t21-/m1/s1. The molecule has 8 nitrogen and oxygen atoms in total.